The smallest absolute Gasteiger partial charge is 0.101 e. The SMILES string of the molecule is N#Cc1ccc(Cl)cc1N1CCCC1=N. The largest absolute Gasteiger partial charge is 0.329 e. The normalized spacial score (nSPS) is 15.5. The number of nitrogens with zero attached hydrogens (tertiary/aromatic N) is 2. The first-order chi connectivity index (χ1) is 7.22. The topological polar surface area (TPSA) is 50.9 Å². The molecule has 1 fully saturated rings. The first-order valence-corrected chi connectivity index (χ1v) is 5.15. The molecular weight excluding hydrogens is 210 g/mol. The lowest BCUT2D eigenvalue weighted by Gasteiger charge is -2.19. The molecular formula is C11H10ClN3. The van der Waals surface area contributed by atoms with Crippen LogP contribution in [0, 0.1) is 16.7 Å². The van der Waals surface area contributed by atoms with E-state index in [-0.39, 0.29) is 0 Å². The molecule has 0 spiro atoms. The van der Waals surface area contributed by atoms with E-state index in [1.54, 1.807) is 18.2 Å². The molecule has 15 heavy (non-hydrogen) atoms. The molecule has 1 heterocycles. The van der Waals surface area contributed by atoms with Crippen LogP contribution in [0.4, 0.5) is 5.69 Å². The minimum absolute atomic E-state index is 0.564. The highest BCUT2D eigenvalue weighted by molar-refractivity contribution is 6.31. The fraction of sp³-hybridized carbons (Fsp3) is 0.273. The van der Waals surface area contributed by atoms with E-state index in [4.69, 9.17) is 22.3 Å². The number of hydrogen-bond donors (Lipinski definition) is 1. The third-order valence-corrected chi connectivity index (χ3v) is 2.73. The van der Waals surface area contributed by atoms with Crippen LogP contribution >= 0.6 is 11.6 Å². The lowest BCUT2D eigenvalue weighted by Crippen LogP contribution is -2.24. The van der Waals surface area contributed by atoms with Crippen molar-refractivity contribution in [3.63, 3.8) is 0 Å². The van der Waals surface area contributed by atoms with Crippen molar-refractivity contribution in [3.8, 4) is 6.07 Å². The van der Waals surface area contributed by atoms with E-state index in [1.165, 1.54) is 0 Å². The Morgan fingerprint density at radius 1 is 1.47 bits per heavy atom. The molecule has 1 aromatic rings. The van der Waals surface area contributed by atoms with Crippen LogP contribution < -0.4 is 4.90 Å². The fourth-order valence-corrected chi connectivity index (χ4v) is 1.93. The molecule has 0 saturated carbocycles. The van der Waals surface area contributed by atoms with E-state index >= 15 is 0 Å². The van der Waals surface area contributed by atoms with E-state index in [2.05, 4.69) is 6.07 Å². The third kappa shape index (κ3) is 1.81. The summed E-state index contributed by atoms with van der Waals surface area (Å²) in [5, 5.41) is 17.3. The van der Waals surface area contributed by atoms with Crippen molar-refractivity contribution in [1.82, 2.24) is 0 Å². The molecule has 4 heteroatoms. The van der Waals surface area contributed by atoms with Gasteiger partial charge < -0.3 is 4.90 Å². The maximum atomic E-state index is 8.97. The van der Waals surface area contributed by atoms with Crippen LogP contribution in [0.2, 0.25) is 5.02 Å². The second-order valence-corrected chi connectivity index (χ2v) is 3.91. The number of nitrogens with one attached hydrogen (secondary N) is 1. The molecule has 0 aromatic heterocycles. The van der Waals surface area contributed by atoms with Gasteiger partial charge in [-0.05, 0) is 24.6 Å². The molecule has 2 rings (SSSR count). The Hall–Kier alpha value is -1.53. The lowest BCUT2D eigenvalue weighted by molar-refractivity contribution is 0.955. The zero-order valence-electron chi connectivity index (χ0n) is 8.13. The third-order valence-electron chi connectivity index (χ3n) is 2.49. The Bertz CT molecular complexity index is 448. The summed E-state index contributed by atoms with van der Waals surface area (Å²) in [5.74, 6) is 0.564. The molecule has 0 unspecified atom stereocenters. The van der Waals surface area contributed by atoms with Gasteiger partial charge >= 0.3 is 0 Å². The predicted molar refractivity (Wildman–Crippen MR) is 60.5 cm³/mol. The van der Waals surface area contributed by atoms with Crippen molar-refractivity contribution in [3.05, 3.63) is 28.8 Å². The molecule has 0 atom stereocenters. The average molecular weight is 220 g/mol. The van der Waals surface area contributed by atoms with Crippen LogP contribution in [0.15, 0.2) is 18.2 Å². The summed E-state index contributed by atoms with van der Waals surface area (Å²) < 4.78 is 0. The molecule has 1 aliphatic heterocycles. The summed E-state index contributed by atoms with van der Waals surface area (Å²) in [6, 6.07) is 7.27. The molecule has 1 saturated heterocycles. The molecule has 0 bridgehead atoms. The molecule has 1 N–H and O–H groups in total. The maximum absolute atomic E-state index is 8.97. The molecule has 0 aliphatic carbocycles. The maximum Gasteiger partial charge on any atom is 0.101 e. The van der Waals surface area contributed by atoms with E-state index < -0.39 is 0 Å². The number of nitriles is 1. The van der Waals surface area contributed by atoms with Crippen molar-refractivity contribution < 1.29 is 0 Å². The Morgan fingerprint density at radius 2 is 2.27 bits per heavy atom. The van der Waals surface area contributed by atoms with Crippen molar-refractivity contribution >= 4 is 23.1 Å². The molecule has 1 aromatic carbocycles. The average Bonchev–Trinajstić information content (AvgIpc) is 2.64. The number of benzene rings is 1. The van der Waals surface area contributed by atoms with Gasteiger partial charge in [0.15, 0.2) is 0 Å². The second-order valence-electron chi connectivity index (χ2n) is 3.48. The van der Waals surface area contributed by atoms with Crippen LogP contribution in [0.1, 0.15) is 18.4 Å². The van der Waals surface area contributed by atoms with E-state index in [9.17, 15) is 0 Å². The lowest BCUT2D eigenvalue weighted by atomic mass is 10.2. The Kier molecular flexibility index (Phi) is 2.61. The summed E-state index contributed by atoms with van der Waals surface area (Å²) in [4.78, 5) is 1.85. The van der Waals surface area contributed by atoms with Crippen molar-refractivity contribution in [2.24, 2.45) is 0 Å². The van der Waals surface area contributed by atoms with Gasteiger partial charge in [-0.15, -0.1) is 0 Å². The number of amidine groups is 1. The number of anilines is 1. The quantitative estimate of drug-likeness (QED) is 0.790. The van der Waals surface area contributed by atoms with Gasteiger partial charge in [0, 0.05) is 18.0 Å². The van der Waals surface area contributed by atoms with Crippen molar-refractivity contribution in [2.45, 2.75) is 12.8 Å². The van der Waals surface area contributed by atoms with Crippen LogP contribution in [0.3, 0.4) is 0 Å². The van der Waals surface area contributed by atoms with Gasteiger partial charge in [-0.2, -0.15) is 5.26 Å². The summed E-state index contributed by atoms with van der Waals surface area (Å²) in [6.07, 6.45) is 1.74. The Balaban J connectivity index is 2.46. The van der Waals surface area contributed by atoms with Gasteiger partial charge in [0.2, 0.25) is 0 Å². The first kappa shape index (κ1) is 10.0. The number of hydrogen-bond acceptors (Lipinski definition) is 2. The van der Waals surface area contributed by atoms with Gasteiger partial charge in [0.1, 0.15) is 11.9 Å². The number of rotatable bonds is 1. The van der Waals surface area contributed by atoms with Crippen LogP contribution in [0.5, 0.6) is 0 Å². The van der Waals surface area contributed by atoms with E-state index in [0.717, 1.165) is 25.1 Å². The van der Waals surface area contributed by atoms with Gasteiger partial charge in [0.25, 0.3) is 0 Å². The fourth-order valence-electron chi connectivity index (χ4n) is 1.76. The van der Waals surface area contributed by atoms with Gasteiger partial charge in [0.05, 0.1) is 11.3 Å². The molecule has 0 amide bonds. The van der Waals surface area contributed by atoms with Crippen LogP contribution in [-0.2, 0) is 0 Å². The van der Waals surface area contributed by atoms with Crippen molar-refractivity contribution in [1.29, 1.82) is 10.7 Å². The summed E-state index contributed by atoms with van der Waals surface area (Å²) >= 11 is 5.89. The first-order valence-electron chi connectivity index (χ1n) is 4.77. The van der Waals surface area contributed by atoms with Crippen LogP contribution in [0.25, 0.3) is 0 Å². The standard InChI is InChI=1S/C11H10ClN3/c12-9-4-3-8(7-13)10(6-9)15-5-1-2-11(15)14/h3-4,6,14H,1-2,5H2. The zero-order chi connectivity index (χ0) is 10.8. The van der Waals surface area contributed by atoms with Crippen molar-refractivity contribution in [2.75, 3.05) is 11.4 Å². The van der Waals surface area contributed by atoms with Gasteiger partial charge in [-0.3, -0.25) is 5.41 Å². The number of halogens is 1. The highest BCUT2D eigenvalue weighted by Gasteiger charge is 2.21. The summed E-state index contributed by atoms with van der Waals surface area (Å²) in [7, 11) is 0. The zero-order valence-corrected chi connectivity index (χ0v) is 8.88. The molecule has 3 nitrogen and oxygen atoms in total. The summed E-state index contributed by atoms with van der Waals surface area (Å²) in [5.41, 5.74) is 1.33. The Labute approximate surface area is 93.4 Å². The minimum Gasteiger partial charge on any atom is -0.329 e. The second kappa shape index (κ2) is 3.92. The molecule has 0 radical (unpaired) electrons. The molecule has 1 aliphatic rings. The van der Waals surface area contributed by atoms with Gasteiger partial charge in [-0.25, -0.2) is 0 Å². The molecule has 76 valence electrons. The summed E-state index contributed by atoms with van der Waals surface area (Å²) in [6.45, 7) is 0.799. The highest BCUT2D eigenvalue weighted by atomic mass is 35.5. The Morgan fingerprint density at radius 3 is 2.87 bits per heavy atom. The minimum atomic E-state index is 0.564. The van der Waals surface area contributed by atoms with E-state index in [1.807, 2.05) is 4.90 Å². The predicted octanol–water partition coefficient (Wildman–Crippen LogP) is 2.79. The van der Waals surface area contributed by atoms with Crippen LogP contribution in [-0.4, -0.2) is 12.4 Å². The van der Waals surface area contributed by atoms with E-state index in [0.29, 0.717) is 16.4 Å². The monoisotopic (exact) mass is 219 g/mol. The van der Waals surface area contributed by atoms with Gasteiger partial charge in [-0.1, -0.05) is 11.6 Å². The highest BCUT2D eigenvalue weighted by Crippen LogP contribution is 2.28.